The molecule has 4 heterocycles. The van der Waals surface area contributed by atoms with E-state index in [0.717, 1.165) is 35.6 Å². The molecule has 1 aliphatic carbocycles. The number of hydrogen-bond acceptors (Lipinski definition) is 6. The molecule has 1 atom stereocenters. The van der Waals surface area contributed by atoms with Gasteiger partial charge in [0.25, 0.3) is 0 Å². The number of nitrogens with one attached hydrogen (secondary N) is 3. The number of aromatic nitrogens is 5. The Morgan fingerprint density at radius 1 is 1.18 bits per heavy atom. The van der Waals surface area contributed by atoms with Crippen molar-refractivity contribution < 1.29 is 4.79 Å². The second kappa shape index (κ2) is 7.61. The van der Waals surface area contributed by atoms with E-state index in [-0.39, 0.29) is 5.91 Å². The number of anilines is 4. The molecule has 33 heavy (non-hydrogen) atoms. The van der Waals surface area contributed by atoms with E-state index >= 15 is 0 Å². The number of carbonyl (C=O) groups is 1. The van der Waals surface area contributed by atoms with Crippen molar-refractivity contribution in [1.29, 1.82) is 0 Å². The first-order chi connectivity index (χ1) is 16.1. The predicted molar refractivity (Wildman–Crippen MR) is 127 cm³/mol. The van der Waals surface area contributed by atoms with Crippen LogP contribution in [0.2, 0.25) is 0 Å². The van der Waals surface area contributed by atoms with Gasteiger partial charge in [-0.25, -0.2) is 4.52 Å². The second-order valence-corrected chi connectivity index (χ2v) is 9.06. The Labute approximate surface area is 191 Å². The lowest BCUT2D eigenvalue weighted by Crippen LogP contribution is -2.51. The maximum atomic E-state index is 13.3. The van der Waals surface area contributed by atoms with Crippen molar-refractivity contribution in [2.45, 2.75) is 44.1 Å². The van der Waals surface area contributed by atoms with Crippen molar-refractivity contribution in [3.05, 3.63) is 60.4 Å². The highest BCUT2D eigenvalue weighted by atomic mass is 16.2. The van der Waals surface area contributed by atoms with E-state index < -0.39 is 5.54 Å². The van der Waals surface area contributed by atoms with Gasteiger partial charge in [-0.3, -0.25) is 9.89 Å². The maximum absolute atomic E-state index is 13.3. The first-order valence-corrected chi connectivity index (χ1v) is 11.4. The largest absolute Gasteiger partial charge is 0.325 e. The lowest BCUT2D eigenvalue weighted by atomic mass is 9.97. The smallest absolute Gasteiger partial charge is 0.250 e. The molecule has 0 radical (unpaired) electrons. The van der Waals surface area contributed by atoms with E-state index in [1.807, 2.05) is 66.6 Å². The molecular weight excluding hydrogens is 416 g/mol. The number of amides is 1. The number of fused-ring (bicyclic) bond motifs is 1. The third-order valence-corrected chi connectivity index (χ3v) is 6.64. The number of H-pyrrole nitrogens is 1. The molecule has 1 aliphatic heterocycles. The van der Waals surface area contributed by atoms with Crippen LogP contribution in [0.5, 0.6) is 0 Å². The van der Waals surface area contributed by atoms with Gasteiger partial charge in [0.2, 0.25) is 11.9 Å². The molecule has 3 N–H and O–H groups in total. The molecule has 2 aliphatic rings. The number of para-hydroxylation sites is 1. The van der Waals surface area contributed by atoms with Crippen molar-refractivity contribution in [3.8, 4) is 0 Å². The van der Waals surface area contributed by atoms with Crippen LogP contribution in [-0.4, -0.2) is 42.8 Å². The minimum absolute atomic E-state index is 0.0571. The van der Waals surface area contributed by atoms with Gasteiger partial charge in [0.1, 0.15) is 11.1 Å². The minimum Gasteiger partial charge on any atom is -0.325 e. The highest BCUT2D eigenvalue weighted by Gasteiger charge is 2.45. The molecule has 4 aromatic rings. The van der Waals surface area contributed by atoms with Gasteiger partial charge in [-0.05, 0) is 56.9 Å². The third kappa shape index (κ3) is 3.59. The van der Waals surface area contributed by atoms with Crippen molar-refractivity contribution in [3.63, 3.8) is 0 Å². The zero-order chi connectivity index (χ0) is 22.4. The van der Waals surface area contributed by atoms with Crippen molar-refractivity contribution in [2.24, 2.45) is 0 Å². The fourth-order valence-corrected chi connectivity index (χ4v) is 4.56. The predicted octanol–water partition coefficient (Wildman–Crippen LogP) is 4.07. The fourth-order valence-electron chi connectivity index (χ4n) is 4.56. The normalized spacial score (nSPS) is 20.3. The summed E-state index contributed by atoms with van der Waals surface area (Å²) in [4.78, 5) is 20.2. The zero-order valence-corrected chi connectivity index (χ0v) is 18.5. The quantitative estimate of drug-likeness (QED) is 0.416. The van der Waals surface area contributed by atoms with Gasteiger partial charge in [0.15, 0.2) is 11.6 Å². The van der Waals surface area contributed by atoms with Crippen molar-refractivity contribution >= 4 is 34.7 Å². The number of benzene rings is 1. The average molecular weight is 443 g/mol. The van der Waals surface area contributed by atoms with Gasteiger partial charge in [-0.1, -0.05) is 18.2 Å². The van der Waals surface area contributed by atoms with Crippen LogP contribution in [0.1, 0.15) is 44.2 Å². The number of nitrogens with zero attached hydrogens (tertiary/aromatic N) is 5. The van der Waals surface area contributed by atoms with Crippen LogP contribution >= 0.6 is 0 Å². The van der Waals surface area contributed by atoms with Gasteiger partial charge < -0.3 is 15.5 Å². The molecule has 3 aromatic heterocycles. The molecule has 2 fully saturated rings. The Morgan fingerprint density at radius 3 is 2.85 bits per heavy atom. The Bertz CT molecular complexity index is 1310. The van der Waals surface area contributed by atoms with Gasteiger partial charge in [-0.15, -0.1) is 5.10 Å². The standard InChI is InChI=1S/C24H26N8O/c1-24(22(33)25-17-7-3-2-4-8-17)12-6-13-31(24)23-27-21(19-9-5-14-32(19)30-23)26-20-15-18(28-29-20)16-10-11-16/h2-5,7-9,14-16H,6,10-13H2,1H3,(H,25,33)(H2,26,27,28,29,30)/t24-/m0/s1. The van der Waals surface area contributed by atoms with E-state index in [9.17, 15) is 4.79 Å². The summed E-state index contributed by atoms with van der Waals surface area (Å²) >= 11 is 0. The van der Waals surface area contributed by atoms with Crippen molar-refractivity contribution in [1.82, 2.24) is 24.8 Å². The number of rotatable bonds is 6. The van der Waals surface area contributed by atoms with Crippen LogP contribution in [0.4, 0.5) is 23.3 Å². The molecule has 1 saturated heterocycles. The molecule has 9 heteroatoms. The maximum Gasteiger partial charge on any atom is 0.250 e. The first kappa shape index (κ1) is 19.8. The SMILES string of the molecule is C[C@@]1(C(=O)Nc2ccccc2)CCCN1c1nc(Nc2cc(C3CC3)[nH]n2)c2cccn2n1. The summed E-state index contributed by atoms with van der Waals surface area (Å²) in [5, 5.41) is 18.7. The number of hydrogen-bond donors (Lipinski definition) is 3. The second-order valence-electron chi connectivity index (χ2n) is 9.06. The zero-order valence-electron chi connectivity index (χ0n) is 18.5. The molecule has 0 bridgehead atoms. The summed E-state index contributed by atoms with van der Waals surface area (Å²) in [5.74, 6) is 2.45. The molecule has 1 saturated carbocycles. The summed E-state index contributed by atoms with van der Waals surface area (Å²) in [6.07, 6.45) is 5.93. The van der Waals surface area contributed by atoms with E-state index in [1.54, 1.807) is 4.52 Å². The van der Waals surface area contributed by atoms with E-state index in [2.05, 4.69) is 20.8 Å². The molecule has 6 rings (SSSR count). The van der Waals surface area contributed by atoms with E-state index in [4.69, 9.17) is 10.1 Å². The monoisotopic (exact) mass is 442 g/mol. The van der Waals surface area contributed by atoms with Gasteiger partial charge in [0, 0.05) is 36.1 Å². The average Bonchev–Trinajstić information content (AvgIpc) is 3.20. The Kier molecular flexibility index (Phi) is 4.56. The minimum atomic E-state index is -0.751. The fraction of sp³-hybridized carbons (Fsp3) is 0.333. The van der Waals surface area contributed by atoms with Gasteiger partial charge in [-0.2, -0.15) is 10.1 Å². The first-order valence-electron chi connectivity index (χ1n) is 11.4. The highest BCUT2D eigenvalue weighted by Crippen LogP contribution is 2.40. The molecule has 9 nitrogen and oxygen atoms in total. The number of carbonyl (C=O) groups excluding carboxylic acids is 1. The lowest BCUT2D eigenvalue weighted by Gasteiger charge is -2.34. The molecular formula is C24H26N8O. The molecule has 168 valence electrons. The van der Waals surface area contributed by atoms with Gasteiger partial charge >= 0.3 is 0 Å². The van der Waals surface area contributed by atoms with Crippen LogP contribution < -0.4 is 15.5 Å². The number of aromatic amines is 1. The molecule has 1 amide bonds. The van der Waals surface area contributed by atoms with Gasteiger partial charge in [0.05, 0.1) is 0 Å². The summed E-state index contributed by atoms with van der Waals surface area (Å²) in [5.41, 5.74) is 2.04. The third-order valence-electron chi connectivity index (χ3n) is 6.64. The summed E-state index contributed by atoms with van der Waals surface area (Å²) in [6.45, 7) is 2.67. The summed E-state index contributed by atoms with van der Waals surface area (Å²) in [6, 6.07) is 15.5. The van der Waals surface area contributed by atoms with Crippen LogP contribution in [0.3, 0.4) is 0 Å². The van der Waals surface area contributed by atoms with Crippen LogP contribution in [-0.2, 0) is 4.79 Å². The Hall–Kier alpha value is -3.88. The summed E-state index contributed by atoms with van der Waals surface area (Å²) < 4.78 is 1.80. The topological polar surface area (TPSA) is 103 Å². The van der Waals surface area contributed by atoms with Crippen LogP contribution in [0.15, 0.2) is 54.7 Å². The van der Waals surface area contributed by atoms with E-state index in [0.29, 0.717) is 24.2 Å². The molecule has 0 spiro atoms. The molecule has 0 unspecified atom stereocenters. The van der Waals surface area contributed by atoms with Crippen LogP contribution in [0, 0.1) is 0 Å². The van der Waals surface area contributed by atoms with Crippen LogP contribution in [0.25, 0.3) is 5.52 Å². The highest BCUT2D eigenvalue weighted by molar-refractivity contribution is 6.00. The van der Waals surface area contributed by atoms with E-state index in [1.165, 1.54) is 12.8 Å². The Morgan fingerprint density at radius 2 is 2.03 bits per heavy atom. The Balaban J connectivity index is 1.32. The lowest BCUT2D eigenvalue weighted by molar-refractivity contribution is -0.120. The molecule has 1 aromatic carbocycles. The van der Waals surface area contributed by atoms with Crippen molar-refractivity contribution in [2.75, 3.05) is 22.1 Å². The summed E-state index contributed by atoms with van der Waals surface area (Å²) in [7, 11) is 0.